The topological polar surface area (TPSA) is 101 Å². The quantitative estimate of drug-likeness (QED) is 0.462. The van der Waals surface area contributed by atoms with E-state index in [1.165, 1.54) is 11.1 Å². The van der Waals surface area contributed by atoms with Crippen LogP contribution in [-0.4, -0.2) is 25.0 Å². The molecule has 2 aromatic rings. The van der Waals surface area contributed by atoms with E-state index in [4.69, 9.17) is 11.5 Å². The van der Waals surface area contributed by atoms with Gasteiger partial charge in [0.2, 0.25) is 0 Å². The molecule has 0 atom stereocenters. The second-order valence-corrected chi connectivity index (χ2v) is 5.68. The molecule has 0 unspecified atom stereocenters. The summed E-state index contributed by atoms with van der Waals surface area (Å²) in [6, 6.07) is 16.4. The third-order valence-electron chi connectivity index (χ3n) is 3.79. The van der Waals surface area contributed by atoms with Crippen molar-refractivity contribution >= 4 is 48.1 Å². The Morgan fingerprint density at radius 1 is 0.962 bits per heavy atom. The monoisotopic (exact) mass is 394 g/mol. The first kappa shape index (κ1) is 21.6. The van der Waals surface area contributed by atoms with Crippen LogP contribution in [0.3, 0.4) is 0 Å². The number of nitrogens with one attached hydrogen (secondary N) is 2. The molecule has 0 saturated heterocycles. The summed E-state index contributed by atoms with van der Waals surface area (Å²) in [5, 5.41) is 6.47. The van der Waals surface area contributed by atoms with Crippen LogP contribution in [-0.2, 0) is 12.8 Å². The fraction of sp³-hybridized carbons (Fsp3) is 0.222. The molecule has 1 aliphatic rings. The maximum atomic E-state index is 5.37. The molecule has 3 rings (SSSR count). The van der Waals surface area contributed by atoms with Gasteiger partial charge < -0.3 is 22.1 Å². The van der Waals surface area contributed by atoms with E-state index < -0.39 is 0 Å². The van der Waals surface area contributed by atoms with Crippen LogP contribution in [0, 0.1) is 0 Å². The lowest BCUT2D eigenvalue weighted by molar-refractivity contribution is 0.958. The second-order valence-electron chi connectivity index (χ2n) is 5.68. The SMILES string of the molecule is Cl.Cl.NC(N)=Nc1ccc(CCc2ccc(NC3=NCCN3)cc2)cc1. The molecular formula is C18H24Cl2N6. The van der Waals surface area contributed by atoms with Crippen molar-refractivity contribution in [1.29, 1.82) is 0 Å². The Balaban J connectivity index is 0.00000169. The van der Waals surface area contributed by atoms with Crippen molar-refractivity contribution in [3.05, 3.63) is 59.7 Å². The Morgan fingerprint density at radius 3 is 2.04 bits per heavy atom. The number of anilines is 1. The highest BCUT2D eigenvalue weighted by molar-refractivity contribution is 5.94. The van der Waals surface area contributed by atoms with Crippen molar-refractivity contribution in [2.24, 2.45) is 21.5 Å². The van der Waals surface area contributed by atoms with Crippen molar-refractivity contribution in [1.82, 2.24) is 5.32 Å². The summed E-state index contributed by atoms with van der Waals surface area (Å²) >= 11 is 0. The van der Waals surface area contributed by atoms with Crippen LogP contribution < -0.4 is 22.1 Å². The van der Waals surface area contributed by atoms with Crippen LogP contribution in [0.2, 0.25) is 0 Å². The zero-order valence-electron chi connectivity index (χ0n) is 14.3. The Hall–Kier alpha value is -2.44. The van der Waals surface area contributed by atoms with Crippen LogP contribution in [0.1, 0.15) is 11.1 Å². The van der Waals surface area contributed by atoms with E-state index in [-0.39, 0.29) is 30.8 Å². The average molecular weight is 395 g/mol. The van der Waals surface area contributed by atoms with Gasteiger partial charge in [-0.1, -0.05) is 24.3 Å². The van der Waals surface area contributed by atoms with Crippen molar-refractivity contribution in [2.45, 2.75) is 12.8 Å². The first-order valence-electron chi connectivity index (χ1n) is 8.02. The molecular weight excluding hydrogens is 371 g/mol. The number of nitrogens with zero attached hydrogens (tertiary/aromatic N) is 2. The summed E-state index contributed by atoms with van der Waals surface area (Å²) in [5.74, 6) is 0.929. The van der Waals surface area contributed by atoms with Gasteiger partial charge in [0.05, 0.1) is 12.2 Å². The van der Waals surface area contributed by atoms with Crippen molar-refractivity contribution < 1.29 is 0 Å². The summed E-state index contributed by atoms with van der Waals surface area (Å²) in [6.07, 6.45) is 1.96. The third-order valence-corrected chi connectivity index (χ3v) is 3.79. The highest BCUT2D eigenvalue weighted by atomic mass is 35.5. The van der Waals surface area contributed by atoms with Crippen molar-refractivity contribution in [3.63, 3.8) is 0 Å². The van der Waals surface area contributed by atoms with Gasteiger partial charge in [-0.3, -0.25) is 4.99 Å². The first-order chi connectivity index (χ1) is 11.7. The van der Waals surface area contributed by atoms with E-state index in [2.05, 4.69) is 57.0 Å². The van der Waals surface area contributed by atoms with Gasteiger partial charge in [0.25, 0.3) is 0 Å². The largest absolute Gasteiger partial charge is 0.370 e. The molecule has 0 spiro atoms. The maximum Gasteiger partial charge on any atom is 0.195 e. The van der Waals surface area contributed by atoms with Gasteiger partial charge in [-0.05, 0) is 48.2 Å². The number of benzene rings is 2. The fourth-order valence-electron chi connectivity index (χ4n) is 2.55. The molecule has 2 aromatic carbocycles. The minimum atomic E-state index is 0. The van der Waals surface area contributed by atoms with Crippen LogP contribution in [0.5, 0.6) is 0 Å². The van der Waals surface area contributed by atoms with Crippen LogP contribution in [0.4, 0.5) is 11.4 Å². The Morgan fingerprint density at radius 2 is 1.54 bits per heavy atom. The minimum absolute atomic E-state index is 0. The Labute approximate surface area is 166 Å². The number of aliphatic imine (C=N–C) groups is 2. The van der Waals surface area contributed by atoms with Gasteiger partial charge in [-0.25, -0.2) is 4.99 Å². The molecule has 0 aromatic heterocycles. The number of aryl methyl sites for hydroxylation is 2. The third kappa shape index (κ3) is 6.46. The van der Waals surface area contributed by atoms with Crippen LogP contribution >= 0.6 is 24.8 Å². The summed E-state index contributed by atoms with van der Waals surface area (Å²) in [6.45, 7) is 1.74. The lowest BCUT2D eigenvalue weighted by Gasteiger charge is -2.08. The van der Waals surface area contributed by atoms with E-state index in [1.54, 1.807) is 0 Å². The zero-order valence-corrected chi connectivity index (χ0v) is 15.9. The first-order valence-corrected chi connectivity index (χ1v) is 8.02. The highest BCUT2D eigenvalue weighted by Crippen LogP contribution is 2.16. The predicted molar refractivity (Wildman–Crippen MR) is 114 cm³/mol. The number of hydrogen-bond donors (Lipinski definition) is 4. The number of rotatable bonds is 5. The summed E-state index contributed by atoms with van der Waals surface area (Å²) in [5.41, 5.74) is 15.1. The summed E-state index contributed by atoms with van der Waals surface area (Å²) in [4.78, 5) is 8.34. The summed E-state index contributed by atoms with van der Waals surface area (Å²) < 4.78 is 0. The summed E-state index contributed by atoms with van der Waals surface area (Å²) in [7, 11) is 0. The molecule has 0 fully saturated rings. The maximum absolute atomic E-state index is 5.37. The molecule has 0 amide bonds. The van der Waals surface area contributed by atoms with Crippen LogP contribution in [0.25, 0.3) is 0 Å². The molecule has 1 aliphatic heterocycles. The molecule has 6 nitrogen and oxygen atoms in total. The van der Waals surface area contributed by atoms with E-state index in [0.717, 1.165) is 43.3 Å². The Kier molecular flexibility index (Phi) is 8.75. The van der Waals surface area contributed by atoms with Crippen LogP contribution in [0.15, 0.2) is 58.5 Å². The molecule has 0 saturated carbocycles. The number of hydrogen-bond acceptors (Lipinski definition) is 4. The standard InChI is InChI=1S/C18H22N6.2ClH/c19-17(20)23-15-7-3-13(4-8-15)1-2-14-5-9-16(10-6-14)24-18-21-11-12-22-18;;/h3-10H,1-2,11-12H2,(H4,19,20,23)(H2,21,22,24);2*1H. The minimum Gasteiger partial charge on any atom is -0.370 e. The zero-order chi connectivity index (χ0) is 16.8. The normalized spacial score (nSPS) is 12.1. The lowest BCUT2D eigenvalue weighted by Crippen LogP contribution is -2.26. The molecule has 6 N–H and O–H groups in total. The predicted octanol–water partition coefficient (Wildman–Crippen LogP) is 2.59. The van der Waals surface area contributed by atoms with Gasteiger partial charge in [0.1, 0.15) is 0 Å². The van der Waals surface area contributed by atoms with E-state index in [9.17, 15) is 0 Å². The van der Waals surface area contributed by atoms with Gasteiger partial charge in [0.15, 0.2) is 11.9 Å². The average Bonchev–Trinajstić information content (AvgIpc) is 3.08. The number of guanidine groups is 2. The van der Waals surface area contributed by atoms with Crippen molar-refractivity contribution in [3.8, 4) is 0 Å². The molecule has 8 heteroatoms. The van der Waals surface area contributed by atoms with Gasteiger partial charge in [0, 0.05) is 12.2 Å². The van der Waals surface area contributed by atoms with Gasteiger partial charge >= 0.3 is 0 Å². The lowest BCUT2D eigenvalue weighted by atomic mass is 10.0. The molecule has 140 valence electrons. The van der Waals surface area contributed by atoms with E-state index in [1.807, 2.05) is 12.1 Å². The molecule has 0 aliphatic carbocycles. The molecule has 1 heterocycles. The Bertz CT molecular complexity index is 737. The van der Waals surface area contributed by atoms with E-state index >= 15 is 0 Å². The van der Waals surface area contributed by atoms with E-state index in [0.29, 0.717) is 0 Å². The number of halogens is 2. The molecule has 0 radical (unpaired) electrons. The second kappa shape index (κ2) is 10.5. The van der Waals surface area contributed by atoms with Gasteiger partial charge in [-0.15, -0.1) is 24.8 Å². The fourth-order valence-corrected chi connectivity index (χ4v) is 2.55. The van der Waals surface area contributed by atoms with Gasteiger partial charge in [-0.2, -0.15) is 0 Å². The number of nitrogens with two attached hydrogens (primary N) is 2. The molecule has 26 heavy (non-hydrogen) atoms. The van der Waals surface area contributed by atoms with Crippen molar-refractivity contribution in [2.75, 3.05) is 18.4 Å². The molecule has 0 bridgehead atoms. The smallest absolute Gasteiger partial charge is 0.195 e. The highest BCUT2D eigenvalue weighted by Gasteiger charge is 2.04.